The molecule has 0 radical (unpaired) electrons. The first-order chi connectivity index (χ1) is 9.52. The van der Waals surface area contributed by atoms with Gasteiger partial charge < -0.3 is 4.90 Å². The van der Waals surface area contributed by atoms with Crippen LogP contribution in [0.5, 0.6) is 0 Å². The fraction of sp³-hybridized carbons (Fsp3) is 0.562. The van der Waals surface area contributed by atoms with Gasteiger partial charge in [0.1, 0.15) is 5.69 Å². The first kappa shape index (κ1) is 14.8. The van der Waals surface area contributed by atoms with Crippen molar-refractivity contribution in [2.45, 2.75) is 33.1 Å². The second kappa shape index (κ2) is 6.21. The molecular formula is C16H20F2N2. The van der Waals surface area contributed by atoms with E-state index in [1.54, 1.807) is 11.0 Å². The summed E-state index contributed by atoms with van der Waals surface area (Å²) in [6, 6.07) is 4.00. The van der Waals surface area contributed by atoms with E-state index in [0.29, 0.717) is 24.9 Å². The SMILES string of the molecule is CC(C)C1CCCN(c2c(F)cc(C#N)cc2F)CC1. The van der Waals surface area contributed by atoms with Crippen molar-refractivity contribution in [1.82, 2.24) is 0 Å². The van der Waals surface area contributed by atoms with Gasteiger partial charge in [-0.15, -0.1) is 0 Å². The maximum absolute atomic E-state index is 14.0. The molecular weight excluding hydrogens is 258 g/mol. The molecule has 4 heteroatoms. The van der Waals surface area contributed by atoms with Gasteiger partial charge in [0, 0.05) is 13.1 Å². The van der Waals surface area contributed by atoms with Crippen LogP contribution in [0.2, 0.25) is 0 Å². The Bertz CT molecular complexity index is 497. The number of halogens is 2. The summed E-state index contributed by atoms with van der Waals surface area (Å²) in [7, 11) is 0. The fourth-order valence-electron chi connectivity index (χ4n) is 2.94. The molecule has 0 amide bonds. The second-order valence-corrected chi connectivity index (χ2v) is 5.82. The monoisotopic (exact) mass is 278 g/mol. The van der Waals surface area contributed by atoms with Crippen LogP contribution in [-0.4, -0.2) is 13.1 Å². The number of nitrogens with zero attached hydrogens (tertiary/aromatic N) is 2. The summed E-state index contributed by atoms with van der Waals surface area (Å²) in [6.45, 7) is 5.73. The molecule has 1 aromatic carbocycles. The highest BCUT2D eigenvalue weighted by Gasteiger charge is 2.23. The zero-order valence-electron chi connectivity index (χ0n) is 12.0. The van der Waals surface area contributed by atoms with Gasteiger partial charge >= 0.3 is 0 Å². The van der Waals surface area contributed by atoms with Gasteiger partial charge in [-0.3, -0.25) is 0 Å². The molecule has 1 fully saturated rings. The van der Waals surface area contributed by atoms with E-state index in [1.807, 2.05) is 0 Å². The standard InChI is InChI=1S/C16H20F2N2/c1-11(2)13-4-3-6-20(7-5-13)16-14(17)8-12(10-19)9-15(16)18/h8-9,11,13H,3-7H2,1-2H3. The summed E-state index contributed by atoms with van der Waals surface area (Å²) in [4.78, 5) is 1.79. The zero-order chi connectivity index (χ0) is 14.7. The molecule has 1 saturated heterocycles. The number of benzene rings is 1. The maximum Gasteiger partial charge on any atom is 0.150 e. The zero-order valence-corrected chi connectivity index (χ0v) is 12.0. The minimum atomic E-state index is -0.635. The van der Waals surface area contributed by atoms with E-state index >= 15 is 0 Å². The van der Waals surface area contributed by atoms with Gasteiger partial charge in [-0.1, -0.05) is 13.8 Å². The maximum atomic E-state index is 14.0. The van der Waals surface area contributed by atoms with Crippen molar-refractivity contribution in [3.8, 4) is 6.07 Å². The fourth-order valence-corrected chi connectivity index (χ4v) is 2.94. The predicted molar refractivity (Wildman–Crippen MR) is 75.5 cm³/mol. The van der Waals surface area contributed by atoms with Crippen LogP contribution in [0.4, 0.5) is 14.5 Å². The summed E-state index contributed by atoms with van der Waals surface area (Å²) < 4.78 is 28.1. The Morgan fingerprint density at radius 1 is 1.20 bits per heavy atom. The lowest BCUT2D eigenvalue weighted by Gasteiger charge is -2.24. The molecule has 108 valence electrons. The number of hydrogen-bond acceptors (Lipinski definition) is 2. The Hall–Kier alpha value is -1.63. The summed E-state index contributed by atoms with van der Waals surface area (Å²) in [5.41, 5.74) is 0.0482. The van der Waals surface area contributed by atoms with Crippen molar-refractivity contribution in [2.24, 2.45) is 11.8 Å². The molecule has 1 heterocycles. The van der Waals surface area contributed by atoms with Gasteiger partial charge in [-0.05, 0) is 43.2 Å². The molecule has 1 atom stereocenters. The molecule has 0 aliphatic carbocycles. The molecule has 1 aromatic rings. The van der Waals surface area contributed by atoms with Crippen LogP contribution < -0.4 is 4.90 Å². The Labute approximate surface area is 119 Å². The van der Waals surface area contributed by atoms with Crippen molar-refractivity contribution in [3.63, 3.8) is 0 Å². The molecule has 1 unspecified atom stereocenters. The minimum Gasteiger partial charge on any atom is -0.367 e. The van der Waals surface area contributed by atoms with Gasteiger partial charge in [-0.2, -0.15) is 5.26 Å². The van der Waals surface area contributed by atoms with E-state index < -0.39 is 11.6 Å². The normalized spacial score (nSPS) is 19.8. The van der Waals surface area contributed by atoms with Crippen molar-refractivity contribution < 1.29 is 8.78 Å². The van der Waals surface area contributed by atoms with E-state index in [2.05, 4.69) is 13.8 Å². The van der Waals surface area contributed by atoms with Crippen molar-refractivity contribution in [2.75, 3.05) is 18.0 Å². The largest absolute Gasteiger partial charge is 0.367 e. The third-order valence-electron chi connectivity index (χ3n) is 4.18. The van der Waals surface area contributed by atoms with Crippen LogP contribution in [0.3, 0.4) is 0 Å². The smallest absolute Gasteiger partial charge is 0.150 e. The summed E-state index contributed by atoms with van der Waals surface area (Å²) >= 11 is 0. The van der Waals surface area contributed by atoms with Crippen LogP contribution >= 0.6 is 0 Å². The third-order valence-corrected chi connectivity index (χ3v) is 4.18. The number of hydrogen-bond donors (Lipinski definition) is 0. The highest BCUT2D eigenvalue weighted by atomic mass is 19.1. The average Bonchev–Trinajstić information content (AvgIpc) is 2.63. The van der Waals surface area contributed by atoms with Gasteiger partial charge in [0.05, 0.1) is 11.6 Å². The van der Waals surface area contributed by atoms with E-state index in [-0.39, 0.29) is 11.3 Å². The highest BCUT2D eigenvalue weighted by molar-refractivity contribution is 5.52. The van der Waals surface area contributed by atoms with Crippen LogP contribution in [0.15, 0.2) is 12.1 Å². The Balaban J connectivity index is 2.22. The molecule has 1 aliphatic rings. The van der Waals surface area contributed by atoms with Crippen LogP contribution in [-0.2, 0) is 0 Å². The predicted octanol–water partition coefficient (Wildman–Crippen LogP) is 4.10. The van der Waals surface area contributed by atoms with Crippen LogP contribution in [0, 0.1) is 34.8 Å². The Morgan fingerprint density at radius 2 is 1.85 bits per heavy atom. The molecule has 0 bridgehead atoms. The lowest BCUT2D eigenvalue weighted by molar-refractivity contribution is 0.351. The quantitative estimate of drug-likeness (QED) is 0.814. The average molecular weight is 278 g/mol. The van der Waals surface area contributed by atoms with Crippen LogP contribution in [0.25, 0.3) is 0 Å². The molecule has 0 aromatic heterocycles. The second-order valence-electron chi connectivity index (χ2n) is 5.82. The van der Waals surface area contributed by atoms with E-state index in [9.17, 15) is 8.78 Å². The Morgan fingerprint density at radius 3 is 2.40 bits per heavy atom. The van der Waals surface area contributed by atoms with Gasteiger partial charge in [-0.25, -0.2) is 8.78 Å². The molecule has 0 N–H and O–H groups in total. The molecule has 2 rings (SSSR count). The molecule has 1 aliphatic heterocycles. The van der Waals surface area contributed by atoms with Gasteiger partial charge in [0.2, 0.25) is 0 Å². The first-order valence-electron chi connectivity index (χ1n) is 7.17. The van der Waals surface area contributed by atoms with Crippen molar-refractivity contribution >= 4 is 5.69 Å². The summed E-state index contributed by atoms with van der Waals surface area (Å²) in [6.07, 6.45) is 3.01. The lowest BCUT2D eigenvalue weighted by atomic mass is 9.89. The minimum absolute atomic E-state index is 0.0217. The molecule has 0 saturated carbocycles. The molecule has 20 heavy (non-hydrogen) atoms. The summed E-state index contributed by atoms with van der Waals surface area (Å²) in [5.74, 6) is -0.0517. The molecule has 2 nitrogen and oxygen atoms in total. The topological polar surface area (TPSA) is 27.0 Å². The van der Waals surface area contributed by atoms with E-state index in [1.165, 1.54) is 0 Å². The third kappa shape index (κ3) is 3.09. The summed E-state index contributed by atoms with van der Waals surface area (Å²) in [5, 5.41) is 8.73. The number of nitriles is 1. The van der Waals surface area contributed by atoms with Crippen molar-refractivity contribution in [3.05, 3.63) is 29.3 Å². The van der Waals surface area contributed by atoms with E-state index in [0.717, 1.165) is 31.4 Å². The number of anilines is 1. The van der Waals surface area contributed by atoms with E-state index in [4.69, 9.17) is 5.26 Å². The molecule has 0 spiro atoms. The van der Waals surface area contributed by atoms with Gasteiger partial charge in [0.15, 0.2) is 11.6 Å². The van der Waals surface area contributed by atoms with Gasteiger partial charge in [0.25, 0.3) is 0 Å². The van der Waals surface area contributed by atoms with Crippen LogP contribution in [0.1, 0.15) is 38.7 Å². The first-order valence-corrected chi connectivity index (χ1v) is 7.17. The lowest BCUT2D eigenvalue weighted by Crippen LogP contribution is -2.26. The van der Waals surface area contributed by atoms with Crippen molar-refractivity contribution in [1.29, 1.82) is 5.26 Å². The Kier molecular flexibility index (Phi) is 4.59. The number of rotatable bonds is 2. The highest BCUT2D eigenvalue weighted by Crippen LogP contribution is 2.30.